The SMILES string of the molecule is O=C1CCCc2nc(-c3cccc(Br)c3)sc21. The van der Waals surface area contributed by atoms with Crippen molar-refractivity contribution in [2.45, 2.75) is 19.3 Å². The van der Waals surface area contributed by atoms with Crippen molar-refractivity contribution < 1.29 is 4.79 Å². The number of carbonyl (C=O) groups excluding carboxylic acids is 1. The molecular formula is C13H10BrNOS. The number of carbonyl (C=O) groups is 1. The molecular weight excluding hydrogens is 298 g/mol. The van der Waals surface area contributed by atoms with Gasteiger partial charge in [0.2, 0.25) is 0 Å². The number of ketones is 1. The summed E-state index contributed by atoms with van der Waals surface area (Å²) in [5.74, 6) is 0.255. The van der Waals surface area contributed by atoms with Crippen molar-refractivity contribution >= 4 is 33.0 Å². The van der Waals surface area contributed by atoms with Gasteiger partial charge in [0.25, 0.3) is 0 Å². The summed E-state index contributed by atoms with van der Waals surface area (Å²) >= 11 is 4.98. The molecule has 1 heterocycles. The largest absolute Gasteiger partial charge is 0.293 e. The Morgan fingerprint density at radius 2 is 2.18 bits per heavy atom. The molecule has 1 aliphatic carbocycles. The number of hydrogen-bond donors (Lipinski definition) is 0. The van der Waals surface area contributed by atoms with E-state index in [0.29, 0.717) is 6.42 Å². The number of thiazole rings is 1. The number of halogens is 1. The van der Waals surface area contributed by atoms with Gasteiger partial charge in [-0.15, -0.1) is 11.3 Å². The molecule has 2 aromatic rings. The highest BCUT2D eigenvalue weighted by molar-refractivity contribution is 9.10. The lowest BCUT2D eigenvalue weighted by molar-refractivity contribution is 0.0976. The van der Waals surface area contributed by atoms with Gasteiger partial charge in [0.1, 0.15) is 5.01 Å². The van der Waals surface area contributed by atoms with Crippen LogP contribution in [0.3, 0.4) is 0 Å². The number of fused-ring (bicyclic) bond motifs is 1. The summed E-state index contributed by atoms with van der Waals surface area (Å²) < 4.78 is 1.04. The first-order chi connectivity index (χ1) is 8.24. The van der Waals surface area contributed by atoms with Gasteiger partial charge < -0.3 is 0 Å². The van der Waals surface area contributed by atoms with E-state index in [1.165, 1.54) is 11.3 Å². The summed E-state index contributed by atoms with van der Waals surface area (Å²) in [6.45, 7) is 0. The standard InChI is InChI=1S/C13H10BrNOS/c14-9-4-1-3-8(7-9)13-15-10-5-2-6-11(16)12(10)17-13/h1,3-4,7H,2,5-6H2. The fraction of sp³-hybridized carbons (Fsp3) is 0.231. The number of benzene rings is 1. The van der Waals surface area contributed by atoms with E-state index in [2.05, 4.69) is 20.9 Å². The van der Waals surface area contributed by atoms with E-state index < -0.39 is 0 Å². The Kier molecular flexibility index (Phi) is 2.84. The van der Waals surface area contributed by atoms with Crippen LogP contribution in [0.1, 0.15) is 28.2 Å². The quantitative estimate of drug-likeness (QED) is 0.794. The second kappa shape index (κ2) is 4.35. The molecule has 0 N–H and O–H groups in total. The molecule has 4 heteroatoms. The smallest absolute Gasteiger partial charge is 0.174 e. The van der Waals surface area contributed by atoms with E-state index in [-0.39, 0.29) is 5.78 Å². The molecule has 0 radical (unpaired) electrons. The summed E-state index contributed by atoms with van der Waals surface area (Å²) in [4.78, 5) is 17.2. The van der Waals surface area contributed by atoms with Crippen LogP contribution in [0.5, 0.6) is 0 Å². The van der Waals surface area contributed by atoms with Crippen LogP contribution in [-0.4, -0.2) is 10.8 Å². The lowest BCUT2D eigenvalue weighted by Gasteiger charge is -2.06. The van der Waals surface area contributed by atoms with Gasteiger partial charge >= 0.3 is 0 Å². The van der Waals surface area contributed by atoms with Gasteiger partial charge in [-0.25, -0.2) is 4.98 Å². The van der Waals surface area contributed by atoms with Crippen LogP contribution in [0, 0.1) is 0 Å². The van der Waals surface area contributed by atoms with E-state index in [4.69, 9.17) is 0 Å². The lowest BCUT2D eigenvalue weighted by atomic mass is 10.0. The fourth-order valence-electron chi connectivity index (χ4n) is 2.01. The maximum Gasteiger partial charge on any atom is 0.174 e. The molecule has 86 valence electrons. The number of rotatable bonds is 1. The summed E-state index contributed by atoms with van der Waals surface area (Å²) in [6, 6.07) is 8.04. The van der Waals surface area contributed by atoms with E-state index in [0.717, 1.165) is 38.5 Å². The zero-order valence-electron chi connectivity index (χ0n) is 9.07. The molecule has 3 rings (SSSR count). The van der Waals surface area contributed by atoms with Gasteiger partial charge in [-0.3, -0.25) is 4.79 Å². The average Bonchev–Trinajstić information content (AvgIpc) is 2.74. The molecule has 0 spiro atoms. The summed E-state index contributed by atoms with van der Waals surface area (Å²) in [5.41, 5.74) is 2.06. The van der Waals surface area contributed by atoms with Gasteiger partial charge in [0.15, 0.2) is 5.78 Å². The van der Waals surface area contributed by atoms with Crippen molar-refractivity contribution in [2.75, 3.05) is 0 Å². The first-order valence-electron chi connectivity index (χ1n) is 5.53. The van der Waals surface area contributed by atoms with E-state index >= 15 is 0 Å². The van der Waals surface area contributed by atoms with Gasteiger partial charge in [0, 0.05) is 16.5 Å². The maximum atomic E-state index is 11.8. The Morgan fingerprint density at radius 3 is 2.94 bits per heavy atom. The third-order valence-electron chi connectivity index (χ3n) is 2.84. The lowest BCUT2D eigenvalue weighted by Crippen LogP contribution is -2.07. The minimum atomic E-state index is 0.255. The average molecular weight is 308 g/mol. The Labute approximate surface area is 112 Å². The van der Waals surface area contributed by atoms with Crippen LogP contribution >= 0.6 is 27.3 Å². The zero-order chi connectivity index (χ0) is 11.8. The second-order valence-corrected chi connectivity index (χ2v) is 6.00. The Bertz CT molecular complexity index is 591. The van der Waals surface area contributed by atoms with Crippen LogP contribution in [0.4, 0.5) is 0 Å². The van der Waals surface area contributed by atoms with E-state index in [1.54, 1.807) is 0 Å². The molecule has 0 amide bonds. The summed E-state index contributed by atoms with van der Waals surface area (Å²) in [6.07, 6.45) is 2.55. The van der Waals surface area contributed by atoms with Crippen molar-refractivity contribution in [3.05, 3.63) is 39.3 Å². The topological polar surface area (TPSA) is 30.0 Å². The minimum absolute atomic E-state index is 0.255. The van der Waals surface area contributed by atoms with Crippen molar-refractivity contribution in [2.24, 2.45) is 0 Å². The number of Topliss-reactive ketones (excluding diaryl/α,β-unsaturated/α-hetero) is 1. The van der Waals surface area contributed by atoms with Crippen LogP contribution in [0.25, 0.3) is 10.6 Å². The predicted octanol–water partition coefficient (Wildman–Crippen LogP) is 4.09. The molecule has 0 saturated carbocycles. The molecule has 0 saturated heterocycles. The first-order valence-corrected chi connectivity index (χ1v) is 7.14. The third kappa shape index (κ3) is 2.07. The van der Waals surface area contributed by atoms with Crippen molar-refractivity contribution in [1.29, 1.82) is 0 Å². The highest BCUT2D eigenvalue weighted by Crippen LogP contribution is 2.33. The molecule has 2 nitrogen and oxygen atoms in total. The molecule has 0 aliphatic heterocycles. The first kappa shape index (κ1) is 11.1. The van der Waals surface area contributed by atoms with Crippen LogP contribution in [0.15, 0.2) is 28.7 Å². The van der Waals surface area contributed by atoms with Gasteiger partial charge in [0.05, 0.1) is 10.6 Å². The normalized spacial score (nSPS) is 14.8. The van der Waals surface area contributed by atoms with Gasteiger partial charge in [-0.05, 0) is 25.0 Å². The minimum Gasteiger partial charge on any atom is -0.293 e. The molecule has 17 heavy (non-hydrogen) atoms. The molecule has 0 bridgehead atoms. The van der Waals surface area contributed by atoms with E-state index in [9.17, 15) is 4.79 Å². The van der Waals surface area contributed by atoms with Crippen molar-refractivity contribution in [3.8, 4) is 10.6 Å². The molecule has 1 aromatic carbocycles. The van der Waals surface area contributed by atoms with Crippen LogP contribution in [-0.2, 0) is 6.42 Å². The van der Waals surface area contributed by atoms with Crippen molar-refractivity contribution in [1.82, 2.24) is 4.98 Å². The molecule has 1 aromatic heterocycles. The molecule has 0 fully saturated rings. The third-order valence-corrected chi connectivity index (χ3v) is 4.52. The van der Waals surface area contributed by atoms with Crippen molar-refractivity contribution in [3.63, 3.8) is 0 Å². The number of aromatic nitrogens is 1. The Balaban J connectivity index is 2.08. The van der Waals surface area contributed by atoms with Crippen LogP contribution < -0.4 is 0 Å². The second-order valence-electron chi connectivity index (χ2n) is 4.08. The molecule has 1 aliphatic rings. The van der Waals surface area contributed by atoms with Crippen LogP contribution in [0.2, 0.25) is 0 Å². The Hall–Kier alpha value is -1.000. The van der Waals surface area contributed by atoms with Gasteiger partial charge in [-0.2, -0.15) is 0 Å². The highest BCUT2D eigenvalue weighted by atomic mass is 79.9. The number of hydrogen-bond acceptors (Lipinski definition) is 3. The highest BCUT2D eigenvalue weighted by Gasteiger charge is 2.22. The summed E-state index contributed by atoms with van der Waals surface area (Å²) in [5, 5.41) is 0.951. The number of aryl methyl sites for hydroxylation is 1. The van der Waals surface area contributed by atoms with Gasteiger partial charge in [-0.1, -0.05) is 28.1 Å². The molecule has 0 atom stereocenters. The number of nitrogens with zero attached hydrogens (tertiary/aromatic N) is 1. The zero-order valence-corrected chi connectivity index (χ0v) is 11.5. The maximum absolute atomic E-state index is 11.8. The Morgan fingerprint density at radius 1 is 1.29 bits per heavy atom. The monoisotopic (exact) mass is 307 g/mol. The molecule has 0 unspecified atom stereocenters. The predicted molar refractivity (Wildman–Crippen MR) is 72.5 cm³/mol. The van der Waals surface area contributed by atoms with E-state index in [1.807, 2.05) is 24.3 Å². The fourth-order valence-corrected chi connectivity index (χ4v) is 3.49. The summed E-state index contributed by atoms with van der Waals surface area (Å²) in [7, 11) is 0.